The van der Waals surface area contributed by atoms with E-state index in [1.807, 2.05) is 4.57 Å². The highest BCUT2D eigenvalue weighted by Crippen LogP contribution is 2.28. The predicted molar refractivity (Wildman–Crippen MR) is 123 cm³/mol. The number of carbonyl (C=O) groups is 1. The first-order valence-corrected chi connectivity index (χ1v) is 11.1. The van der Waals surface area contributed by atoms with Crippen molar-refractivity contribution in [2.24, 2.45) is 0 Å². The molecule has 0 saturated heterocycles. The lowest BCUT2D eigenvalue weighted by atomic mass is 10.1. The molecule has 0 unspecified atom stereocenters. The van der Waals surface area contributed by atoms with E-state index in [4.69, 9.17) is 0 Å². The molecular weight excluding hydrogens is 423 g/mol. The van der Waals surface area contributed by atoms with Crippen molar-refractivity contribution in [1.82, 2.24) is 24.5 Å². The predicted octanol–water partition coefficient (Wildman–Crippen LogP) is 3.79. The number of rotatable bonds is 4. The number of nitrogens with one attached hydrogen (secondary N) is 1. The molecule has 2 aromatic heterocycles. The molecule has 3 heterocycles. The lowest BCUT2D eigenvalue weighted by Crippen LogP contribution is -2.27. The molecule has 0 aliphatic carbocycles. The average Bonchev–Trinajstić information content (AvgIpc) is 3.08. The number of aromatic nitrogens is 5. The first kappa shape index (κ1) is 21.0. The minimum atomic E-state index is -0.481. The zero-order chi connectivity index (χ0) is 22.9. The summed E-state index contributed by atoms with van der Waals surface area (Å²) in [6, 6.07) is 11.2. The zero-order valence-corrected chi connectivity index (χ0v) is 18.2. The van der Waals surface area contributed by atoms with Crippen LogP contribution in [0.3, 0.4) is 0 Å². The molecule has 2 aromatic carbocycles. The Balaban J connectivity index is 1.52. The van der Waals surface area contributed by atoms with Gasteiger partial charge in [0.25, 0.3) is 11.5 Å². The van der Waals surface area contributed by atoms with Gasteiger partial charge in [0, 0.05) is 30.6 Å². The maximum absolute atomic E-state index is 14.8. The molecule has 0 bridgehead atoms. The molecule has 0 saturated carbocycles. The Hall–Kier alpha value is -3.88. The first-order chi connectivity index (χ1) is 16.1. The molecule has 5 rings (SSSR count). The summed E-state index contributed by atoms with van der Waals surface area (Å²) >= 11 is 0. The van der Waals surface area contributed by atoms with E-state index < -0.39 is 11.7 Å². The maximum Gasteiger partial charge on any atom is 0.276 e. The number of carbonyl (C=O) groups excluding carboxylic acids is 1. The Kier molecular flexibility index (Phi) is 5.45. The number of benzene rings is 2. The van der Waals surface area contributed by atoms with E-state index in [0.29, 0.717) is 28.8 Å². The van der Waals surface area contributed by atoms with Crippen molar-refractivity contribution in [3.8, 4) is 11.4 Å². The minimum absolute atomic E-state index is 0.134. The number of fused-ring (bicyclic) bond motifs is 2. The van der Waals surface area contributed by atoms with E-state index in [-0.39, 0.29) is 16.8 Å². The van der Waals surface area contributed by atoms with Gasteiger partial charge in [-0.15, -0.1) is 10.2 Å². The van der Waals surface area contributed by atoms with Gasteiger partial charge in [0.1, 0.15) is 11.6 Å². The summed E-state index contributed by atoms with van der Waals surface area (Å²) in [7, 11) is 0. The van der Waals surface area contributed by atoms with Gasteiger partial charge in [-0.1, -0.05) is 24.6 Å². The lowest BCUT2D eigenvalue weighted by Gasteiger charge is -2.12. The summed E-state index contributed by atoms with van der Waals surface area (Å²) in [4.78, 5) is 25.7. The molecular formula is C24H23FN6O2. The second-order valence-electron chi connectivity index (χ2n) is 8.07. The summed E-state index contributed by atoms with van der Waals surface area (Å²) in [6.45, 7) is 2.86. The molecule has 1 amide bonds. The molecule has 0 atom stereocenters. The van der Waals surface area contributed by atoms with Crippen LogP contribution in [0.2, 0.25) is 0 Å². The highest BCUT2D eigenvalue weighted by atomic mass is 19.1. The Labute approximate surface area is 189 Å². The number of amides is 1. The van der Waals surface area contributed by atoms with E-state index in [1.54, 1.807) is 37.3 Å². The Morgan fingerprint density at radius 2 is 1.91 bits per heavy atom. The van der Waals surface area contributed by atoms with Crippen molar-refractivity contribution >= 4 is 22.4 Å². The van der Waals surface area contributed by atoms with E-state index in [0.717, 1.165) is 38.1 Å². The third kappa shape index (κ3) is 3.79. The maximum atomic E-state index is 14.8. The number of anilines is 1. The fraction of sp³-hybridized carbons (Fsp3) is 0.292. The number of nitrogens with zero attached hydrogens (tertiary/aromatic N) is 5. The quantitative estimate of drug-likeness (QED) is 0.515. The van der Waals surface area contributed by atoms with Gasteiger partial charge in [-0.2, -0.15) is 5.10 Å². The first-order valence-electron chi connectivity index (χ1n) is 11.1. The summed E-state index contributed by atoms with van der Waals surface area (Å²) in [6.07, 6.45) is 3.94. The normalized spacial score (nSPS) is 13.5. The number of halogens is 1. The number of aryl methyl sites for hydroxylation is 2. The molecule has 1 aliphatic rings. The van der Waals surface area contributed by atoms with Gasteiger partial charge in [-0.05, 0) is 44.0 Å². The summed E-state index contributed by atoms with van der Waals surface area (Å²) in [5, 5.41) is 16.4. The van der Waals surface area contributed by atoms with Crippen LogP contribution in [0, 0.1) is 5.82 Å². The van der Waals surface area contributed by atoms with Crippen molar-refractivity contribution in [3.63, 3.8) is 0 Å². The molecule has 0 radical (unpaired) electrons. The lowest BCUT2D eigenvalue weighted by molar-refractivity contribution is 0.102. The monoisotopic (exact) mass is 446 g/mol. The van der Waals surface area contributed by atoms with Crippen LogP contribution in [0.5, 0.6) is 0 Å². The van der Waals surface area contributed by atoms with E-state index in [9.17, 15) is 14.0 Å². The van der Waals surface area contributed by atoms with Crippen LogP contribution in [0.1, 0.15) is 42.5 Å². The van der Waals surface area contributed by atoms with Crippen LogP contribution in [-0.4, -0.2) is 30.5 Å². The van der Waals surface area contributed by atoms with Crippen LogP contribution in [0.15, 0.2) is 47.3 Å². The van der Waals surface area contributed by atoms with Gasteiger partial charge < -0.3 is 9.88 Å². The van der Waals surface area contributed by atoms with Crippen LogP contribution in [-0.2, 0) is 19.5 Å². The van der Waals surface area contributed by atoms with Gasteiger partial charge >= 0.3 is 0 Å². The molecule has 4 aromatic rings. The van der Waals surface area contributed by atoms with Gasteiger partial charge in [0.05, 0.1) is 10.9 Å². The standard InChI is InChI=1S/C24H23FN6O2/c1-2-31-24(33)17-9-6-5-8-16(17)21(29-31)23(32)26-15-11-12-19(25)18(14-15)22-28-27-20-10-4-3-7-13-30(20)22/h5-6,8-9,11-12,14H,2-4,7,10,13H2,1H3,(H,26,32). The number of hydrogen-bond acceptors (Lipinski definition) is 5. The van der Waals surface area contributed by atoms with Crippen molar-refractivity contribution in [2.45, 2.75) is 45.7 Å². The second-order valence-corrected chi connectivity index (χ2v) is 8.07. The van der Waals surface area contributed by atoms with Crippen molar-refractivity contribution in [3.05, 3.63) is 70.2 Å². The zero-order valence-electron chi connectivity index (χ0n) is 18.2. The van der Waals surface area contributed by atoms with Crippen LogP contribution in [0.4, 0.5) is 10.1 Å². The van der Waals surface area contributed by atoms with Gasteiger partial charge in [0.2, 0.25) is 0 Å². The molecule has 33 heavy (non-hydrogen) atoms. The van der Waals surface area contributed by atoms with E-state index in [1.165, 1.54) is 16.8 Å². The molecule has 168 valence electrons. The van der Waals surface area contributed by atoms with E-state index >= 15 is 0 Å². The van der Waals surface area contributed by atoms with Gasteiger partial charge in [-0.25, -0.2) is 9.07 Å². The SMILES string of the molecule is CCn1nc(C(=O)Nc2ccc(F)c(-c3nnc4n3CCCCC4)c2)c2ccccc2c1=O. The molecule has 8 nitrogen and oxygen atoms in total. The smallest absolute Gasteiger partial charge is 0.276 e. The van der Waals surface area contributed by atoms with Gasteiger partial charge in [-0.3, -0.25) is 9.59 Å². The fourth-order valence-corrected chi connectivity index (χ4v) is 4.27. The van der Waals surface area contributed by atoms with Crippen molar-refractivity contribution in [2.75, 3.05) is 5.32 Å². The molecule has 1 aliphatic heterocycles. The highest BCUT2D eigenvalue weighted by Gasteiger charge is 2.21. The number of hydrogen-bond donors (Lipinski definition) is 1. The van der Waals surface area contributed by atoms with E-state index in [2.05, 4.69) is 20.6 Å². The average molecular weight is 446 g/mol. The Bertz CT molecular complexity index is 1420. The van der Waals surface area contributed by atoms with Gasteiger partial charge in [0.15, 0.2) is 11.5 Å². The summed E-state index contributed by atoms with van der Waals surface area (Å²) in [5.41, 5.74) is 0.572. The Morgan fingerprint density at radius 1 is 1.09 bits per heavy atom. The summed E-state index contributed by atoms with van der Waals surface area (Å²) < 4.78 is 18.0. The molecule has 0 fully saturated rings. The minimum Gasteiger partial charge on any atom is -0.321 e. The largest absolute Gasteiger partial charge is 0.321 e. The van der Waals surface area contributed by atoms with Crippen LogP contribution in [0.25, 0.3) is 22.2 Å². The van der Waals surface area contributed by atoms with Crippen LogP contribution < -0.4 is 10.9 Å². The van der Waals surface area contributed by atoms with Crippen molar-refractivity contribution < 1.29 is 9.18 Å². The fourth-order valence-electron chi connectivity index (χ4n) is 4.27. The molecule has 9 heteroatoms. The topological polar surface area (TPSA) is 94.7 Å². The van der Waals surface area contributed by atoms with Crippen molar-refractivity contribution in [1.29, 1.82) is 0 Å². The molecule has 1 N–H and O–H groups in total. The Morgan fingerprint density at radius 3 is 2.73 bits per heavy atom. The second kappa shape index (κ2) is 8.57. The third-order valence-electron chi connectivity index (χ3n) is 5.96. The third-order valence-corrected chi connectivity index (χ3v) is 5.96. The van der Waals surface area contributed by atoms with Crippen LogP contribution >= 0.6 is 0 Å². The highest BCUT2D eigenvalue weighted by molar-refractivity contribution is 6.11. The summed E-state index contributed by atoms with van der Waals surface area (Å²) in [5.74, 6) is 0.402. The molecule has 0 spiro atoms.